The van der Waals surface area contributed by atoms with Gasteiger partial charge in [-0.25, -0.2) is 0 Å². The highest BCUT2D eigenvalue weighted by molar-refractivity contribution is 7.80. The molecule has 1 fully saturated rings. The monoisotopic (exact) mass is 381 g/mol. The Kier molecular flexibility index (Phi) is 5.80. The summed E-state index contributed by atoms with van der Waals surface area (Å²) in [5.41, 5.74) is 6.69. The van der Waals surface area contributed by atoms with Crippen molar-refractivity contribution < 1.29 is 4.79 Å². The van der Waals surface area contributed by atoms with Crippen LogP contribution in [0.2, 0.25) is 0 Å². The quantitative estimate of drug-likeness (QED) is 0.748. The molecule has 1 aliphatic heterocycles. The fourth-order valence-corrected chi connectivity index (χ4v) is 3.93. The topological polar surface area (TPSA) is 44.4 Å². The van der Waals surface area contributed by atoms with Gasteiger partial charge < -0.3 is 15.5 Å². The average Bonchev–Trinajstić information content (AvgIpc) is 3.02. The first kappa shape index (κ1) is 19.4. The zero-order chi connectivity index (χ0) is 19.6. The van der Waals surface area contributed by atoms with Gasteiger partial charge in [-0.2, -0.15) is 0 Å². The lowest BCUT2D eigenvalue weighted by Crippen LogP contribution is -2.31. The predicted octanol–water partition coefficient (Wildman–Crippen LogP) is 4.79. The van der Waals surface area contributed by atoms with Gasteiger partial charge in [-0.1, -0.05) is 29.8 Å². The molecule has 0 aliphatic carbocycles. The highest BCUT2D eigenvalue weighted by Crippen LogP contribution is 2.28. The van der Waals surface area contributed by atoms with Gasteiger partial charge in [0.2, 0.25) is 5.91 Å². The summed E-state index contributed by atoms with van der Waals surface area (Å²) in [5, 5.41) is 7.19. The fraction of sp³-hybridized carbons (Fsp3) is 0.364. The molecule has 1 aliphatic rings. The molecule has 0 saturated carbocycles. The number of hydrogen-bond donors (Lipinski definition) is 2. The van der Waals surface area contributed by atoms with E-state index in [-0.39, 0.29) is 11.9 Å². The van der Waals surface area contributed by atoms with Crippen molar-refractivity contribution in [3.05, 3.63) is 58.7 Å². The first-order valence-corrected chi connectivity index (χ1v) is 9.81. The number of nitrogens with zero attached hydrogens (tertiary/aromatic N) is 1. The Bertz CT molecular complexity index is 878. The summed E-state index contributed by atoms with van der Waals surface area (Å²) < 4.78 is 0. The summed E-state index contributed by atoms with van der Waals surface area (Å²) >= 11 is 5.51. The lowest BCUT2D eigenvalue weighted by Gasteiger charge is -2.22. The number of thiocarbonyl (C=S) groups is 1. The van der Waals surface area contributed by atoms with Gasteiger partial charge >= 0.3 is 0 Å². The van der Waals surface area contributed by atoms with Gasteiger partial charge in [0.15, 0.2) is 5.11 Å². The molecule has 2 aromatic rings. The van der Waals surface area contributed by atoms with Gasteiger partial charge in [-0.3, -0.25) is 4.79 Å². The lowest BCUT2D eigenvalue weighted by atomic mass is 10.0. The molecule has 2 aromatic carbocycles. The maximum absolute atomic E-state index is 12.1. The molecule has 1 amide bonds. The Morgan fingerprint density at radius 1 is 1.11 bits per heavy atom. The number of hydrogen-bond acceptors (Lipinski definition) is 2. The van der Waals surface area contributed by atoms with E-state index in [0.717, 1.165) is 29.9 Å². The predicted molar refractivity (Wildman–Crippen MR) is 116 cm³/mol. The SMILES string of the molecule is Cc1ccc([C@H](C)NC(=S)Nc2ccc(C)c(N3CCCC3=O)c2)c(C)c1. The lowest BCUT2D eigenvalue weighted by molar-refractivity contribution is -0.117. The molecule has 0 spiro atoms. The molecule has 27 heavy (non-hydrogen) atoms. The third-order valence-electron chi connectivity index (χ3n) is 5.07. The number of aryl methyl sites for hydroxylation is 3. The Hall–Kier alpha value is -2.40. The summed E-state index contributed by atoms with van der Waals surface area (Å²) in [6, 6.07) is 12.6. The molecular weight excluding hydrogens is 354 g/mol. The number of anilines is 2. The van der Waals surface area contributed by atoms with E-state index >= 15 is 0 Å². The molecular formula is C22H27N3OS. The molecule has 4 nitrogen and oxygen atoms in total. The van der Waals surface area contributed by atoms with Crippen LogP contribution in [0.25, 0.3) is 0 Å². The van der Waals surface area contributed by atoms with E-state index < -0.39 is 0 Å². The van der Waals surface area contributed by atoms with E-state index in [0.29, 0.717) is 11.5 Å². The number of benzene rings is 2. The smallest absolute Gasteiger partial charge is 0.227 e. The van der Waals surface area contributed by atoms with Crippen molar-refractivity contribution in [3.63, 3.8) is 0 Å². The van der Waals surface area contributed by atoms with Crippen LogP contribution < -0.4 is 15.5 Å². The number of carbonyl (C=O) groups is 1. The first-order valence-electron chi connectivity index (χ1n) is 9.41. The zero-order valence-corrected chi connectivity index (χ0v) is 17.2. The number of carbonyl (C=O) groups excluding carboxylic acids is 1. The molecule has 0 aromatic heterocycles. The largest absolute Gasteiger partial charge is 0.356 e. The fourth-order valence-electron chi connectivity index (χ4n) is 3.63. The van der Waals surface area contributed by atoms with Crippen molar-refractivity contribution >= 4 is 34.6 Å². The second-order valence-electron chi connectivity index (χ2n) is 7.33. The van der Waals surface area contributed by atoms with E-state index in [9.17, 15) is 4.79 Å². The number of nitrogens with one attached hydrogen (secondary N) is 2. The van der Waals surface area contributed by atoms with Crippen molar-refractivity contribution in [1.29, 1.82) is 0 Å². The molecule has 0 radical (unpaired) electrons. The summed E-state index contributed by atoms with van der Waals surface area (Å²) in [4.78, 5) is 14.0. The highest BCUT2D eigenvalue weighted by atomic mass is 32.1. The van der Waals surface area contributed by atoms with Crippen LogP contribution in [0, 0.1) is 20.8 Å². The van der Waals surface area contributed by atoms with Crippen molar-refractivity contribution in [1.82, 2.24) is 5.32 Å². The normalized spacial score (nSPS) is 15.0. The maximum atomic E-state index is 12.1. The van der Waals surface area contributed by atoms with Crippen LogP contribution in [0.5, 0.6) is 0 Å². The van der Waals surface area contributed by atoms with Gasteiger partial charge in [-0.15, -0.1) is 0 Å². The molecule has 0 unspecified atom stereocenters. The van der Waals surface area contributed by atoms with Gasteiger partial charge in [-0.05, 0) is 75.2 Å². The van der Waals surface area contributed by atoms with Gasteiger partial charge in [0, 0.05) is 24.3 Å². The van der Waals surface area contributed by atoms with Crippen molar-refractivity contribution in [2.45, 2.75) is 46.6 Å². The van der Waals surface area contributed by atoms with Gasteiger partial charge in [0.05, 0.1) is 6.04 Å². The summed E-state index contributed by atoms with van der Waals surface area (Å²) in [7, 11) is 0. The van der Waals surface area contributed by atoms with E-state index in [1.807, 2.05) is 30.0 Å². The first-order chi connectivity index (χ1) is 12.8. The minimum atomic E-state index is 0.107. The van der Waals surface area contributed by atoms with E-state index in [4.69, 9.17) is 12.2 Å². The Balaban J connectivity index is 1.69. The molecule has 5 heteroatoms. The molecule has 1 saturated heterocycles. The minimum Gasteiger partial charge on any atom is -0.356 e. The van der Waals surface area contributed by atoms with Gasteiger partial charge in [0.25, 0.3) is 0 Å². The van der Waals surface area contributed by atoms with Crippen LogP contribution in [0.4, 0.5) is 11.4 Å². The maximum Gasteiger partial charge on any atom is 0.227 e. The molecule has 0 bridgehead atoms. The molecule has 142 valence electrons. The average molecular weight is 382 g/mol. The number of amides is 1. The van der Waals surface area contributed by atoms with E-state index in [2.05, 4.69) is 49.6 Å². The van der Waals surface area contributed by atoms with Crippen LogP contribution in [-0.4, -0.2) is 17.6 Å². The standard InChI is InChI=1S/C22H27N3OS/c1-14-7-10-19(16(3)12-14)17(4)23-22(27)24-18-9-8-15(2)20(13-18)25-11-5-6-21(25)26/h7-10,12-13,17H,5-6,11H2,1-4H3,(H2,23,24,27)/t17-/m0/s1. The van der Waals surface area contributed by atoms with Crippen LogP contribution >= 0.6 is 12.2 Å². The molecule has 3 rings (SSSR count). The summed E-state index contributed by atoms with van der Waals surface area (Å²) in [6.45, 7) is 9.14. The Morgan fingerprint density at radius 2 is 1.89 bits per heavy atom. The van der Waals surface area contributed by atoms with Crippen LogP contribution in [-0.2, 0) is 4.79 Å². The number of rotatable bonds is 4. The van der Waals surface area contributed by atoms with Crippen LogP contribution in [0.3, 0.4) is 0 Å². The Labute approximate surface area is 167 Å². The summed E-state index contributed by atoms with van der Waals surface area (Å²) in [6.07, 6.45) is 1.55. The molecule has 1 heterocycles. The van der Waals surface area contributed by atoms with E-state index in [1.54, 1.807) is 0 Å². The minimum absolute atomic E-state index is 0.107. The third-order valence-corrected chi connectivity index (χ3v) is 5.29. The van der Waals surface area contributed by atoms with Crippen molar-refractivity contribution in [2.75, 3.05) is 16.8 Å². The molecule has 2 N–H and O–H groups in total. The zero-order valence-electron chi connectivity index (χ0n) is 16.4. The van der Waals surface area contributed by atoms with Crippen molar-refractivity contribution in [2.24, 2.45) is 0 Å². The second kappa shape index (κ2) is 8.09. The highest BCUT2D eigenvalue weighted by Gasteiger charge is 2.23. The van der Waals surface area contributed by atoms with E-state index in [1.165, 1.54) is 16.7 Å². The summed E-state index contributed by atoms with van der Waals surface area (Å²) in [5.74, 6) is 0.194. The second-order valence-corrected chi connectivity index (χ2v) is 7.74. The van der Waals surface area contributed by atoms with Gasteiger partial charge in [0.1, 0.15) is 0 Å². The Morgan fingerprint density at radius 3 is 2.56 bits per heavy atom. The third kappa shape index (κ3) is 4.48. The molecule has 1 atom stereocenters. The van der Waals surface area contributed by atoms with Crippen LogP contribution in [0.1, 0.15) is 48.1 Å². The van der Waals surface area contributed by atoms with Crippen LogP contribution in [0.15, 0.2) is 36.4 Å². The van der Waals surface area contributed by atoms with Crippen molar-refractivity contribution in [3.8, 4) is 0 Å².